The molecular formula is C18H30O5. The molecule has 1 N–H and O–H groups in total. The molecule has 0 amide bonds. The fraction of sp³-hybridized carbons (Fsp3) is 0.667. The van der Waals surface area contributed by atoms with Gasteiger partial charge in [0.1, 0.15) is 5.75 Å². The highest BCUT2D eigenvalue weighted by atomic mass is 16.9. The van der Waals surface area contributed by atoms with Crippen LogP contribution in [0.3, 0.4) is 0 Å². The van der Waals surface area contributed by atoms with E-state index < -0.39 is 12.3 Å². The third-order valence-electron chi connectivity index (χ3n) is 3.02. The molecule has 1 rings (SSSR count). The molecule has 5 heteroatoms. The zero-order valence-electron chi connectivity index (χ0n) is 14.5. The van der Waals surface area contributed by atoms with Gasteiger partial charge in [-0.3, -0.25) is 0 Å². The normalized spacial score (nSPS) is 13.0. The maximum atomic E-state index is 10.3. The lowest BCUT2D eigenvalue weighted by atomic mass is 10.3. The van der Waals surface area contributed by atoms with Crippen LogP contribution in [0.2, 0.25) is 0 Å². The first-order chi connectivity index (χ1) is 11.2. The summed E-state index contributed by atoms with van der Waals surface area (Å²) in [5.41, 5.74) is 0. The van der Waals surface area contributed by atoms with Crippen molar-refractivity contribution in [2.75, 3.05) is 19.8 Å². The predicted octanol–water partition coefficient (Wildman–Crippen LogP) is 3.71. The first-order valence-corrected chi connectivity index (χ1v) is 8.47. The van der Waals surface area contributed by atoms with Gasteiger partial charge in [0.15, 0.2) is 0 Å². The van der Waals surface area contributed by atoms with Crippen LogP contribution in [0.25, 0.3) is 0 Å². The van der Waals surface area contributed by atoms with Crippen LogP contribution < -0.4 is 4.74 Å². The molecule has 0 bridgehead atoms. The molecule has 0 fully saturated rings. The van der Waals surface area contributed by atoms with Crippen LogP contribution in [0.4, 0.5) is 0 Å². The maximum absolute atomic E-state index is 10.3. The molecule has 5 nitrogen and oxygen atoms in total. The molecule has 0 aliphatic heterocycles. The van der Waals surface area contributed by atoms with Crippen LogP contribution in [0.5, 0.6) is 5.75 Å². The van der Waals surface area contributed by atoms with E-state index in [9.17, 15) is 5.11 Å². The zero-order chi connectivity index (χ0) is 17.0. The lowest BCUT2D eigenvalue weighted by Gasteiger charge is -2.34. The second-order valence-corrected chi connectivity index (χ2v) is 5.32. The van der Waals surface area contributed by atoms with Crippen LogP contribution in [-0.2, 0) is 14.2 Å². The molecule has 0 heterocycles. The average molecular weight is 326 g/mol. The van der Waals surface area contributed by atoms with Crippen molar-refractivity contribution < 1.29 is 24.1 Å². The highest BCUT2D eigenvalue weighted by Crippen LogP contribution is 2.25. The van der Waals surface area contributed by atoms with Crippen molar-refractivity contribution in [2.45, 2.75) is 58.7 Å². The Hall–Kier alpha value is -1.14. The van der Waals surface area contributed by atoms with Gasteiger partial charge in [0, 0.05) is 0 Å². The largest absolute Gasteiger partial charge is 0.465 e. The Labute approximate surface area is 139 Å². The fourth-order valence-corrected chi connectivity index (χ4v) is 1.99. The van der Waals surface area contributed by atoms with E-state index >= 15 is 0 Å². The van der Waals surface area contributed by atoms with Gasteiger partial charge in [-0.15, -0.1) is 0 Å². The smallest absolute Gasteiger partial charge is 0.289 e. The topological polar surface area (TPSA) is 57.2 Å². The summed E-state index contributed by atoms with van der Waals surface area (Å²) in [7, 11) is 0. The van der Waals surface area contributed by atoms with Crippen molar-refractivity contribution in [3.05, 3.63) is 30.3 Å². The Balaban J connectivity index is 2.73. The van der Waals surface area contributed by atoms with Crippen molar-refractivity contribution in [2.24, 2.45) is 0 Å². The minimum atomic E-state index is -1.27. The molecule has 1 unspecified atom stereocenters. The summed E-state index contributed by atoms with van der Waals surface area (Å²) in [6.07, 6.45) is 1.51. The Morgan fingerprint density at radius 2 is 1.35 bits per heavy atom. The molecular weight excluding hydrogens is 296 g/mol. The Kier molecular flexibility index (Phi) is 9.87. The number of rotatable bonds is 13. The molecule has 1 aromatic carbocycles. The SMILES string of the molecule is CCCOC(CC(O)Oc1ccccc1)(OCCC)OCCC. The number of ether oxygens (including phenoxy) is 4. The predicted molar refractivity (Wildman–Crippen MR) is 89.2 cm³/mol. The highest BCUT2D eigenvalue weighted by molar-refractivity contribution is 5.20. The van der Waals surface area contributed by atoms with Crippen LogP contribution in [0.1, 0.15) is 46.5 Å². The summed E-state index contributed by atoms with van der Waals surface area (Å²) in [5, 5.41) is 10.3. The van der Waals surface area contributed by atoms with E-state index in [0.29, 0.717) is 25.6 Å². The summed E-state index contributed by atoms with van der Waals surface area (Å²) < 4.78 is 22.9. The summed E-state index contributed by atoms with van der Waals surface area (Å²) in [6, 6.07) is 9.17. The number of benzene rings is 1. The van der Waals surface area contributed by atoms with Gasteiger partial charge in [0.2, 0.25) is 6.29 Å². The van der Waals surface area contributed by atoms with Gasteiger partial charge in [-0.25, -0.2) is 0 Å². The molecule has 1 aromatic rings. The number of aliphatic hydroxyl groups excluding tert-OH is 1. The first kappa shape index (κ1) is 19.9. The minimum absolute atomic E-state index is 0.0852. The van der Waals surface area contributed by atoms with E-state index in [2.05, 4.69) is 0 Å². The molecule has 0 spiro atoms. The van der Waals surface area contributed by atoms with Crippen molar-refractivity contribution in [1.82, 2.24) is 0 Å². The van der Waals surface area contributed by atoms with Crippen molar-refractivity contribution in [3.8, 4) is 5.75 Å². The average Bonchev–Trinajstić information content (AvgIpc) is 2.57. The van der Waals surface area contributed by atoms with E-state index in [1.807, 2.05) is 39.0 Å². The second-order valence-electron chi connectivity index (χ2n) is 5.32. The number of hydrogen-bond donors (Lipinski definition) is 1. The third kappa shape index (κ3) is 7.79. The molecule has 0 aromatic heterocycles. The van der Waals surface area contributed by atoms with E-state index in [1.54, 1.807) is 12.1 Å². The molecule has 0 aliphatic rings. The number of para-hydroxylation sites is 1. The van der Waals surface area contributed by atoms with Crippen molar-refractivity contribution in [1.29, 1.82) is 0 Å². The molecule has 132 valence electrons. The summed E-state index contributed by atoms with van der Waals surface area (Å²) in [4.78, 5) is 0. The molecule has 0 radical (unpaired) electrons. The van der Waals surface area contributed by atoms with Crippen LogP contribution >= 0.6 is 0 Å². The van der Waals surface area contributed by atoms with Crippen LogP contribution in [-0.4, -0.2) is 37.2 Å². The monoisotopic (exact) mass is 326 g/mol. The number of hydrogen-bond acceptors (Lipinski definition) is 5. The lowest BCUT2D eigenvalue weighted by molar-refractivity contribution is -0.394. The molecule has 0 aliphatic carbocycles. The van der Waals surface area contributed by atoms with Gasteiger partial charge < -0.3 is 24.1 Å². The minimum Gasteiger partial charge on any atom is -0.465 e. The van der Waals surface area contributed by atoms with E-state index in [-0.39, 0.29) is 6.42 Å². The first-order valence-electron chi connectivity index (χ1n) is 8.47. The fourth-order valence-electron chi connectivity index (χ4n) is 1.99. The second kappa shape index (κ2) is 11.4. The summed E-state index contributed by atoms with van der Waals surface area (Å²) in [5.74, 6) is -0.675. The standard InChI is InChI=1S/C18H30O5/c1-4-12-20-18(21-13-5-2,22-14-6-3)15-17(19)23-16-10-8-7-9-11-16/h7-11,17,19H,4-6,12-15H2,1-3H3. The van der Waals surface area contributed by atoms with Crippen LogP contribution in [0.15, 0.2) is 30.3 Å². The third-order valence-corrected chi connectivity index (χ3v) is 3.02. The van der Waals surface area contributed by atoms with Gasteiger partial charge in [-0.2, -0.15) is 0 Å². The highest BCUT2D eigenvalue weighted by Gasteiger charge is 2.37. The lowest BCUT2D eigenvalue weighted by Crippen LogP contribution is -2.44. The van der Waals surface area contributed by atoms with Crippen molar-refractivity contribution in [3.63, 3.8) is 0 Å². The maximum Gasteiger partial charge on any atom is 0.289 e. The van der Waals surface area contributed by atoms with Gasteiger partial charge in [0.25, 0.3) is 5.97 Å². The van der Waals surface area contributed by atoms with Gasteiger partial charge in [-0.1, -0.05) is 39.0 Å². The quantitative estimate of drug-likeness (QED) is 0.560. The zero-order valence-corrected chi connectivity index (χ0v) is 14.5. The van der Waals surface area contributed by atoms with E-state index in [4.69, 9.17) is 18.9 Å². The molecule has 0 saturated carbocycles. The Morgan fingerprint density at radius 3 is 1.78 bits per heavy atom. The van der Waals surface area contributed by atoms with E-state index in [0.717, 1.165) is 19.3 Å². The molecule has 23 heavy (non-hydrogen) atoms. The molecule has 1 atom stereocenters. The summed E-state index contributed by atoms with van der Waals surface area (Å²) in [6.45, 7) is 7.52. The van der Waals surface area contributed by atoms with Gasteiger partial charge in [-0.05, 0) is 31.4 Å². The van der Waals surface area contributed by atoms with Crippen molar-refractivity contribution >= 4 is 0 Å². The van der Waals surface area contributed by atoms with Crippen LogP contribution in [0, 0.1) is 0 Å². The Morgan fingerprint density at radius 1 is 0.870 bits per heavy atom. The molecule has 0 saturated heterocycles. The van der Waals surface area contributed by atoms with Gasteiger partial charge >= 0.3 is 0 Å². The number of aliphatic hydroxyl groups is 1. The summed E-state index contributed by atoms with van der Waals surface area (Å²) >= 11 is 0. The Bertz CT molecular complexity index is 374. The van der Waals surface area contributed by atoms with Gasteiger partial charge in [0.05, 0.1) is 26.2 Å². The van der Waals surface area contributed by atoms with E-state index in [1.165, 1.54) is 0 Å².